The van der Waals surface area contributed by atoms with Gasteiger partial charge in [-0.05, 0) is 43.3 Å². The molecule has 8 nitrogen and oxygen atoms in total. The summed E-state index contributed by atoms with van der Waals surface area (Å²) in [5.74, 6) is 1.21. The van der Waals surface area contributed by atoms with Gasteiger partial charge in [-0.15, -0.1) is 10.2 Å². The first kappa shape index (κ1) is 20.1. The number of benzene rings is 1. The number of ether oxygens (including phenoxy) is 1. The Morgan fingerprint density at radius 2 is 2.03 bits per heavy atom. The Kier molecular flexibility index (Phi) is 6.10. The number of nitrogens with zero attached hydrogens (tertiary/aromatic N) is 4. The molecule has 0 saturated carbocycles. The summed E-state index contributed by atoms with van der Waals surface area (Å²) in [6, 6.07) is 12.1. The van der Waals surface area contributed by atoms with Gasteiger partial charge in [0.15, 0.2) is 6.61 Å². The van der Waals surface area contributed by atoms with E-state index in [4.69, 9.17) is 25.3 Å². The molecule has 0 radical (unpaired) electrons. The molecule has 4 aromatic rings. The average Bonchev–Trinajstić information content (AvgIpc) is 3.40. The van der Waals surface area contributed by atoms with Gasteiger partial charge in [0.05, 0.1) is 11.3 Å². The number of thioether (sulfide) groups is 1. The largest absolute Gasteiger partial charge is 0.452 e. The Morgan fingerprint density at radius 3 is 2.80 bits per heavy atom. The molecule has 0 amide bonds. The molecule has 0 unspecified atom stereocenters. The summed E-state index contributed by atoms with van der Waals surface area (Å²) in [6.07, 6.45) is 1.61. The molecule has 152 valence electrons. The predicted molar refractivity (Wildman–Crippen MR) is 109 cm³/mol. The highest BCUT2D eigenvalue weighted by Gasteiger charge is 2.17. The first-order valence-electron chi connectivity index (χ1n) is 8.84. The van der Waals surface area contributed by atoms with Gasteiger partial charge in [0.25, 0.3) is 5.89 Å². The summed E-state index contributed by atoms with van der Waals surface area (Å²) in [6.45, 7) is 1.67. The zero-order chi connectivity index (χ0) is 20.9. The van der Waals surface area contributed by atoms with Crippen molar-refractivity contribution in [2.45, 2.75) is 24.3 Å². The number of aryl methyl sites for hydroxylation is 1. The molecule has 0 atom stereocenters. The molecule has 10 heteroatoms. The lowest BCUT2D eigenvalue weighted by atomic mass is 10.2. The summed E-state index contributed by atoms with van der Waals surface area (Å²) in [5.41, 5.74) is 1.83. The minimum Gasteiger partial charge on any atom is -0.452 e. The van der Waals surface area contributed by atoms with Crippen molar-refractivity contribution in [1.82, 2.24) is 20.3 Å². The Labute approximate surface area is 180 Å². The van der Waals surface area contributed by atoms with E-state index in [2.05, 4.69) is 20.3 Å². The lowest BCUT2D eigenvalue weighted by Crippen LogP contribution is -2.08. The summed E-state index contributed by atoms with van der Waals surface area (Å²) < 4.78 is 15.9. The van der Waals surface area contributed by atoms with Crippen molar-refractivity contribution in [2.75, 3.05) is 0 Å². The van der Waals surface area contributed by atoms with Gasteiger partial charge >= 0.3 is 5.97 Å². The molecule has 1 aromatic carbocycles. The molecule has 0 fully saturated rings. The third-order valence-corrected chi connectivity index (χ3v) is 5.20. The summed E-state index contributed by atoms with van der Waals surface area (Å²) in [5, 5.41) is 13.0. The molecule has 0 saturated heterocycles. The molecule has 0 N–H and O–H groups in total. The Bertz CT molecular complexity index is 1160. The van der Waals surface area contributed by atoms with E-state index in [1.807, 2.05) is 13.0 Å². The fraction of sp³-hybridized carbons (Fsp3) is 0.150. The monoisotopic (exact) mass is 442 g/mol. The quantitative estimate of drug-likeness (QED) is 0.296. The number of hydrogen-bond acceptors (Lipinski definition) is 9. The zero-order valence-electron chi connectivity index (χ0n) is 15.7. The van der Waals surface area contributed by atoms with Crippen molar-refractivity contribution in [3.05, 3.63) is 76.6 Å². The van der Waals surface area contributed by atoms with Crippen LogP contribution in [0.15, 0.2) is 62.6 Å². The second-order valence-electron chi connectivity index (χ2n) is 6.16. The summed E-state index contributed by atoms with van der Waals surface area (Å²) in [7, 11) is 0. The Hall–Kier alpha value is -3.17. The zero-order valence-corrected chi connectivity index (χ0v) is 17.3. The van der Waals surface area contributed by atoms with Gasteiger partial charge in [-0.25, -0.2) is 9.78 Å². The smallest absolute Gasteiger partial charge is 0.341 e. The molecule has 3 aromatic heterocycles. The number of carbonyl (C=O) groups excluding carboxylic acids is 1. The van der Waals surface area contributed by atoms with Crippen molar-refractivity contribution in [3.8, 4) is 11.5 Å². The number of pyridine rings is 1. The number of halogens is 1. The molecule has 0 aliphatic carbocycles. The van der Waals surface area contributed by atoms with Gasteiger partial charge in [-0.3, -0.25) is 0 Å². The minimum atomic E-state index is -0.534. The molecular weight excluding hydrogens is 428 g/mol. The van der Waals surface area contributed by atoms with Crippen LogP contribution in [-0.4, -0.2) is 26.3 Å². The van der Waals surface area contributed by atoms with E-state index >= 15 is 0 Å². The summed E-state index contributed by atoms with van der Waals surface area (Å²) in [4.78, 5) is 16.8. The van der Waals surface area contributed by atoms with E-state index in [9.17, 15) is 4.79 Å². The highest BCUT2D eigenvalue weighted by Crippen LogP contribution is 2.25. The van der Waals surface area contributed by atoms with E-state index in [1.165, 1.54) is 11.8 Å². The fourth-order valence-electron chi connectivity index (χ4n) is 2.52. The SMILES string of the molecule is Cc1cc(CSc2ncccc2C(=O)OCc2nnc(-c3ccc(Cl)cc3)o2)no1. The van der Waals surface area contributed by atoms with E-state index in [1.54, 1.807) is 42.6 Å². The summed E-state index contributed by atoms with van der Waals surface area (Å²) >= 11 is 7.25. The van der Waals surface area contributed by atoms with Crippen molar-refractivity contribution in [3.63, 3.8) is 0 Å². The van der Waals surface area contributed by atoms with Crippen LogP contribution in [0.1, 0.15) is 27.7 Å². The van der Waals surface area contributed by atoms with Crippen LogP contribution in [0.25, 0.3) is 11.5 Å². The maximum absolute atomic E-state index is 12.6. The number of esters is 1. The molecule has 4 rings (SSSR count). The molecule has 30 heavy (non-hydrogen) atoms. The lowest BCUT2D eigenvalue weighted by Gasteiger charge is -2.06. The van der Waals surface area contributed by atoms with Gasteiger partial charge in [-0.1, -0.05) is 28.5 Å². The number of hydrogen-bond donors (Lipinski definition) is 0. The van der Waals surface area contributed by atoms with Gasteiger partial charge < -0.3 is 13.7 Å². The highest BCUT2D eigenvalue weighted by atomic mass is 35.5. The first-order valence-corrected chi connectivity index (χ1v) is 10.2. The maximum atomic E-state index is 12.6. The molecular formula is C20H15ClN4O4S. The first-order chi connectivity index (χ1) is 14.6. The van der Waals surface area contributed by atoms with E-state index in [0.717, 1.165) is 17.0 Å². The van der Waals surface area contributed by atoms with Crippen LogP contribution in [0.2, 0.25) is 5.02 Å². The van der Waals surface area contributed by atoms with E-state index < -0.39 is 5.97 Å². The van der Waals surface area contributed by atoms with Crippen LogP contribution in [0.4, 0.5) is 0 Å². The average molecular weight is 443 g/mol. The van der Waals surface area contributed by atoms with Crippen LogP contribution < -0.4 is 0 Å². The van der Waals surface area contributed by atoms with Gasteiger partial charge in [0, 0.05) is 28.6 Å². The highest BCUT2D eigenvalue weighted by molar-refractivity contribution is 7.98. The molecule has 0 spiro atoms. The number of aromatic nitrogens is 4. The van der Waals surface area contributed by atoms with Crippen molar-refractivity contribution < 1.29 is 18.5 Å². The Balaban J connectivity index is 1.39. The lowest BCUT2D eigenvalue weighted by molar-refractivity contribution is 0.0433. The number of rotatable bonds is 7. The number of carbonyl (C=O) groups is 1. The molecule has 0 aliphatic rings. The van der Waals surface area contributed by atoms with E-state index in [0.29, 0.717) is 27.3 Å². The standard InChI is InChI=1S/C20H15ClN4O4S/c1-12-9-15(25-29-12)11-30-19-16(3-2-8-22-19)20(26)27-10-17-23-24-18(28-17)13-4-6-14(21)7-5-13/h2-9H,10-11H2,1H3. The molecule has 0 aliphatic heterocycles. The van der Waals surface area contributed by atoms with Gasteiger partial charge in [0.2, 0.25) is 5.89 Å². The molecule has 3 heterocycles. The van der Waals surface area contributed by atoms with Crippen LogP contribution in [0.3, 0.4) is 0 Å². The predicted octanol–water partition coefficient (Wildman–Crippen LogP) is 4.73. The van der Waals surface area contributed by atoms with Crippen LogP contribution in [-0.2, 0) is 17.1 Å². The van der Waals surface area contributed by atoms with Crippen LogP contribution >= 0.6 is 23.4 Å². The third-order valence-electron chi connectivity index (χ3n) is 3.91. The minimum absolute atomic E-state index is 0.152. The maximum Gasteiger partial charge on any atom is 0.341 e. The van der Waals surface area contributed by atoms with E-state index in [-0.39, 0.29) is 12.5 Å². The van der Waals surface area contributed by atoms with Crippen molar-refractivity contribution in [1.29, 1.82) is 0 Å². The third kappa shape index (κ3) is 4.87. The normalized spacial score (nSPS) is 10.9. The van der Waals surface area contributed by atoms with Crippen molar-refractivity contribution in [2.24, 2.45) is 0 Å². The fourth-order valence-corrected chi connectivity index (χ4v) is 3.50. The Morgan fingerprint density at radius 1 is 1.20 bits per heavy atom. The second kappa shape index (κ2) is 9.10. The van der Waals surface area contributed by atoms with Crippen LogP contribution in [0, 0.1) is 6.92 Å². The van der Waals surface area contributed by atoms with Crippen LogP contribution in [0.5, 0.6) is 0 Å². The van der Waals surface area contributed by atoms with Gasteiger partial charge in [0.1, 0.15) is 10.8 Å². The topological polar surface area (TPSA) is 104 Å². The molecule has 0 bridgehead atoms. The van der Waals surface area contributed by atoms with Crippen molar-refractivity contribution >= 4 is 29.3 Å². The van der Waals surface area contributed by atoms with Gasteiger partial charge in [-0.2, -0.15) is 0 Å². The second-order valence-corrected chi connectivity index (χ2v) is 7.56.